The molecule has 0 spiro atoms. The number of ether oxygens (including phenoxy) is 1. The van der Waals surface area contributed by atoms with Gasteiger partial charge in [-0.2, -0.15) is 0 Å². The Morgan fingerprint density at radius 2 is 1.60 bits per heavy atom. The van der Waals surface area contributed by atoms with Crippen LogP contribution in [-0.2, 0) is 4.79 Å². The number of anilines is 1. The maximum atomic E-state index is 13.3. The van der Waals surface area contributed by atoms with Crippen molar-refractivity contribution >= 4 is 11.6 Å². The second kappa shape index (κ2) is 10.5. The van der Waals surface area contributed by atoms with Crippen LogP contribution in [0.5, 0.6) is 5.75 Å². The molecular weight excluding hydrogens is 449 g/mol. The van der Waals surface area contributed by atoms with Crippen molar-refractivity contribution in [1.82, 2.24) is 9.80 Å². The minimum Gasteiger partial charge on any atom is -0.490 e. The van der Waals surface area contributed by atoms with Crippen molar-refractivity contribution in [3.63, 3.8) is 0 Å². The fourth-order valence-corrected chi connectivity index (χ4v) is 5.00. The fourth-order valence-electron chi connectivity index (χ4n) is 5.00. The van der Waals surface area contributed by atoms with E-state index in [0.717, 1.165) is 11.3 Å². The average molecular weight is 486 g/mol. The first kappa shape index (κ1) is 25.4. The molecule has 0 aliphatic carbocycles. The largest absolute Gasteiger partial charge is 0.490 e. The molecule has 0 aromatic heterocycles. The number of nitrogens with zero attached hydrogens (tertiary/aromatic N) is 3. The Balaban J connectivity index is 1.40. The van der Waals surface area contributed by atoms with E-state index in [2.05, 4.69) is 9.80 Å². The maximum absolute atomic E-state index is 13.3. The van der Waals surface area contributed by atoms with Gasteiger partial charge in [-0.05, 0) is 56.2 Å². The number of aliphatic hydroxyl groups is 2. The van der Waals surface area contributed by atoms with E-state index in [0.29, 0.717) is 57.9 Å². The highest BCUT2D eigenvalue weighted by molar-refractivity contribution is 5.73. The molecule has 0 radical (unpaired) electrons. The first-order valence-corrected chi connectivity index (χ1v) is 12.3. The Morgan fingerprint density at radius 3 is 2.23 bits per heavy atom. The summed E-state index contributed by atoms with van der Waals surface area (Å²) in [5.74, 6) is 0.315. The van der Waals surface area contributed by atoms with Crippen molar-refractivity contribution in [2.75, 3.05) is 57.3 Å². The summed E-state index contributed by atoms with van der Waals surface area (Å²) in [4.78, 5) is 18.0. The minimum absolute atomic E-state index is 0.0487. The lowest BCUT2D eigenvalue weighted by molar-refractivity contribution is -0.132. The van der Waals surface area contributed by atoms with Crippen LogP contribution in [0.25, 0.3) is 0 Å². The predicted molar refractivity (Wildman–Crippen MR) is 133 cm³/mol. The number of carbonyl (C=O) groups excluding carboxylic acids is 1. The van der Waals surface area contributed by atoms with Gasteiger partial charge in [-0.25, -0.2) is 4.39 Å². The smallest absolute Gasteiger partial charge is 0.219 e. The Kier molecular flexibility index (Phi) is 7.64. The summed E-state index contributed by atoms with van der Waals surface area (Å²) in [6.45, 7) is 6.82. The molecule has 2 aliphatic rings. The predicted octanol–water partition coefficient (Wildman–Crippen LogP) is 2.44. The monoisotopic (exact) mass is 485 g/mol. The van der Waals surface area contributed by atoms with Crippen molar-refractivity contribution in [2.24, 2.45) is 0 Å². The van der Waals surface area contributed by atoms with E-state index in [1.165, 1.54) is 19.1 Å². The first-order valence-electron chi connectivity index (χ1n) is 12.3. The van der Waals surface area contributed by atoms with E-state index >= 15 is 0 Å². The topological polar surface area (TPSA) is 76.5 Å². The summed E-state index contributed by atoms with van der Waals surface area (Å²) in [6, 6.07) is 14.1. The number of hydrogen-bond donors (Lipinski definition) is 2. The molecular formula is C27H36FN3O4. The molecule has 2 saturated heterocycles. The Hall–Kier alpha value is -2.68. The third kappa shape index (κ3) is 6.72. The fraction of sp³-hybridized carbons (Fsp3) is 0.519. The van der Waals surface area contributed by atoms with Gasteiger partial charge in [0.1, 0.15) is 23.8 Å². The number of aryl methyl sites for hydroxylation is 1. The van der Waals surface area contributed by atoms with Crippen LogP contribution in [0.4, 0.5) is 10.1 Å². The second-order valence-corrected chi connectivity index (χ2v) is 10.2. The number of benzene rings is 2. The highest BCUT2D eigenvalue weighted by atomic mass is 19.1. The third-order valence-electron chi connectivity index (χ3n) is 7.07. The zero-order chi connectivity index (χ0) is 25.1. The van der Waals surface area contributed by atoms with Crippen LogP contribution < -0.4 is 9.64 Å². The van der Waals surface area contributed by atoms with Gasteiger partial charge in [0, 0.05) is 51.9 Å². The number of rotatable bonds is 6. The molecule has 2 fully saturated rings. The molecule has 2 N–H and O–H groups in total. The molecule has 2 aromatic carbocycles. The molecule has 7 nitrogen and oxygen atoms in total. The lowest BCUT2D eigenvalue weighted by Crippen LogP contribution is -2.55. The minimum atomic E-state index is -1.27. The van der Waals surface area contributed by atoms with Crippen LogP contribution in [0.3, 0.4) is 0 Å². The normalized spacial score (nSPS) is 23.1. The highest BCUT2D eigenvalue weighted by Crippen LogP contribution is 2.29. The Morgan fingerprint density at radius 1 is 0.943 bits per heavy atom. The van der Waals surface area contributed by atoms with Crippen molar-refractivity contribution in [2.45, 2.75) is 37.9 Å². The zero-order valence-corrected chi connectivity index (χ0v) is 20.6. The summed E-state index contributed by atoms with van der Waals surface area (Å²) in [5, 5.41) is 22.9. The van der Waals surface area contributed by atoms with Gasteiger partial charge in [0.25, 0.3) is 0 Å². The summed E-state index contributed by atoms with van der Waals surface area (Å²) >= 11 is 0. The molecule has 2 heterocycles. The molecule has 4 rings (SSSR count). The van der Waals surface area contributed by atoms with Crippen molar-refractivity contribution < 1.29 is 24.1 Å². The Labute approximate surface area is 206 Å². The number of carbonyl (C=O) groups is 1. The standard InChI is InChI=1S/C27H36FN3O4/c1-21-3-9-25(10-4-21)35-20-27(34)18-29(15-16-31(19-27)22(2)32)17-26(33)11-13-30(14-12-26)24-7-5-23(28)6-8-24/h3-10,33-34H,11-20H2,1-2H3/t27-/m1/s1. The molecule has 0 saturated carbocycles. The van der Waals surface area contributed by atoms with Crippen LogP contribution in [0.15, 0.2) is 48.5 Å². The number of piperidine rings is 1. The van der Waals surface area contributed by atoms with E-state index in [1.54, 1.807) is 17.0 Å². The highest BCUT2D eigenvalue weighted by Gasteiger charge is 2.40. The van der Waals surface area contributed by atoms with Crippen LogP contribution >= 0.6 is 0 Å². The Bertz CT molecular complexity index is 992. The number of amides is 1. The molecule has 35 heavy (non-hydrogen) atoms. The molecule has 2 aromatic rings. The van der Waals surface area contributed by atoms with Gasteiger partial charge in [0.2, 0.25) is 5.91 Å². The molecule has 0 unspecified atom stereocenters. The summed E-state index contributed by atoms with van der Waals surface area (Å²) in [7, 11) is 0. The first-order chi connectivity index (χ1) is 16.6. The molecule has 1 atom stereocenters. The van der Waals surface area contributed by atoms with Crippen LogP contribution in [0.1, 0.15) is 25.3 Å². The third-order valence-corrected chi connectivity index (χ3v) is 7.07. The van der Waals surface area contributed by atoms with Gasteiger partial charge in [-0.1, -0.05) is 17.7 Å². The molecule has 1 amide bonds. The van der Waals surface area contributed by atoms with Gasteiger partial charge >= 0.3 is 0 Å². The zero-order valence-electron chi connectivity index (χ0n) is 20.6. The number of hydrogen-bond acceptors (Lipinski definition) is 6. The van der Waals surface area contributed by atoms with E-state index in [1.807, 2.05) is 31.2 Å². The van der Waals surface area contributed by atoms with E-state index in [-0.39, 0.29) is 24.9 Å². The average Bonchev–Trinajstić information content (AvgIpc) is 2.98. The van der Waals surface area contributed by atoms with Gasteiger partial charge in [0.15, 0.2) is 0 Å². The SMILES string of the molecule is CC(=O)N1CCN(CC2(O)CCN(c3ccc(F)cc3)CC2)C[C@](O)(COc2ccc(C)cc2)C1. The van der Waals surface area contributed by atoms with Gasteiger partial charge < -0.3 is 24.7 Å². The van der Waals surface area contributed by atoms with Crippen LogP contribution in [-0.4, -0.2) is 89.5 Å². The van der Waals surface area contributed by atoms with Gasteiger partial charge in [-0.15, -0.1) is 0 Å². The lowest BCUT2D eigenvalue weighted by Gasteiger charge is -2.42. The maximum Gasteiger partial charge on any atom is 0.219 e. The summed E-state index contributed by atoms with van der Waals surface area (Å²) in [5.41, 5.74) is -0.0973. The second-order valence-electron chi connectivity index (χ2n) is 10.2. The molecule has 2 aliphatic heterocycles. The van der Waals surface area contributed by atoms with E-state index in [9.17, 15) is 19.4 Å². The van der Waals surface area contributed by atoms with Crippen LogP contribution in [0, 0.1) is 12.7 Å². The van der Waals surface area contributed by atoms with Crippen molar-refractivity contribution in [3.05, 3.63) is 59.9 Å². The molecule has 0 bridgehead atoms. The molecule has 8 heteroatoms. The number of β-amino-alcohol motifs (C(OH)–C–C–N with tert-alkyl or cyclic N) is 2. The number of halogens is 1. The summed E-state index contributed by atoms with van der Waals surface area (Å²) in [6.07, 6.45) is 1.13. The van der Waals surface area contributed by atoms with Gasteiger partial charge in [-0.3, -0.25) is 9.69 Å². The van der Waals surface area contributed by atoms with Crippen LogP contribution in [0.2, 0.25) is 0 Å². The van der Waals surface area contributed by atoms with E-state index in [4.69, 9.17) is 4.74 Å². The lowest BCUT2D eigenvalue weighted by atomic mass is 9.90. The summed E-state index contributed by atoms with van der Waals surface area (Å²) < 4.78 is 19.2. The van der Waals surface area contributed by atoms with Crippen molar-refractivity contribution in [1.29, 1.82) is 0 Å². The van der Waals surface area contributed by atoms with Gasteiger partial charge in [0.05, 0.1) is 12.1 Å². The molecule has 190 valence electrons. The quantitative estimate of drug-likeness (QED) is 0.655. The van der Waals surface area contributed by atoms with E-state index < -0.39 is 11.2 Å². The van der Waals surface area contributed by atoms with Crippen molar-refractivity contribution in [3.8, 4) is 5.75 Å².